The Hall–Kier alpha value is -2.17. The van der Waals surface area contributed by atoms with E-state index in [4.69, 9.17) is 0 Å². The number of ether oxygens (including phenoxy) is 1. The standard InChI is InChI=1S/C10H8N2O3/c1-15-10(14)9(13)6-5-12-7-3-2-4-11-8(6)7/h2-5,12H,1H3. The molecule has 0 bridgehead atoms. The smallest absolute Gasteiger partial charge is 0.379 e. The molecule has 1 N–H and O–H groups in total. The lowest BCUT2D eigenvalue weighted by Crippen LogP contribution is -2.15. The molecule has 2 heterocycles. The number of H-pyrrole nitrogens is 1. The highest BCUT2D eigenvalue weighted by molar-refractivity contribution is 6.42. The first-order chi connectivity index (χ1) is 7.24. The number of carbonyl (C=O) groups is 2. The van der Waals surface area contributed by atoms with Crippen molar-refractivity contribution >= 4 is 22.8 Å². The van der Waals surface area contributed by atoms with Crippen molar-refractivity contribution in [3.8, 4) is 0 Å². The fourth-order valence-electron chi connectivity index (χ4n) is 1.33. The number of carbonyl (C=O) groups excluding carboxylic acids is 2. The monoisotopic (exact) mass is 204 g/mol. The first-order valence-electron chi connectivity index (χ1n) is 4.29. The maximum atomic E-state index is 11.5. The minimum absolute atomic E-state index is 0.234. The van der Waals surface area contributed by atoms with Gasteiger partial charge in [0, 0.05) is 12.4 Å². The Kier molecular flexibility index (Phi) is 2.21. The van der Waals surface area contributed by atoms with E-state index < -0.39 is 11.8 Å². The molecule has 0 aliphatic rings. The summed E-state index contributed by atoms with van der Waals surface area (Å²) in [4.78, 5) is 29.4. The molecule has 0 atom stereocenters. The average Bonchev–Trinajstić information content (AvgIpc) is 2.70. The fraction of sp³-hybridized carbons (Fsp3) is 0.100. The zero-order valence-electron chi connectivity index (χ0n) is 7.98. The number of nitrogens with one attached hydrogen (secondary N) is 1. The number of fused-ring (bicyclic) bond motifs is 1. The van der Waals surface area contributed by atoms with Gasteiger partial charge >= 0.3 is 5.97 Å². The Morgan fingerprint density at radius 2 is 2.27 bits per heavy atom. The minimum Gasteiger partial charge on any atom is -0.463 e. The number of hydrogen-bond donors (Lipinski definition) is 1. The van der Waals surface area contributed by atoms with Crippen LogP contribution in [0.5, 0.6) is 0 Å². The molecule has 0 aromatic carbocycles. The Labute approximate surface area is 85.1 Å². The second kappa shape index (κ2) is 3.53. The number of nitrogens with zero attached hydrogens (tertiary/aromatic N) is 1. The Bertz CT molecular complexity index is 530. The molecule has 2 aromatic rings. The van der Waals surface area contributed by atoms with E-state index in [9.17, 15) is 9.59 Å². The van der Waals surface area contributed by atoms with E-state index in [0.717, 1.165) is 0 Å². The molecule has 2 rings (SSSR count). The number of rotatable bonds is 2. The second-order valence-corrected chi connectivity index (χ2v) is 2.92. The molecule has 0 fully saturated rings. The number of esters is 1. The van der Waals surface area contributed by atoms with Gasteiger partial charge in [0.2, 0.25) is 0 Å². The highest BCUT2D eigenvalue weighted by Crippen LogP contribution is 2.15. The zero-order valence-corrected chi connectivity index (χ0v) is 7.98. The topological polar surface area (TPSA) is 72.1 Å². The van der Waals surface area contributed by atoms with Crippen LogP contribution in [0.4, 0.5) is 0 Å². The average molecular weight is 204 g/mol. The van der Waals surface area contributed by atoms with Crippen molar-refractivity contribution in [2.45, 2.75) is 0 Å². The van der Waals surface area contributed by atoms with E-state index in [-0.39, 0.29) is 5.56 Å². The van der Waals surface area contributed by atoms with Gasteiger partial charge in [-0.05, 0) is 12.1 Å². The molecular formula is C10H8N2O3. The summed E-state index contributed by atoms with van der Waals surface area (Å²) >= 11 is 0. The molecule has 0 amide bonds. The van der Waals surface area contributed by atoms with Crippen molar-refractivity contribution in [3.63, 3.8) is 0 Å². The van der Waals surface area contributed by atoms with Crippen LogP contribution in [-0.2, 0) is 9.53 Å². The van der Waals surface area contributed by atoms with Crippen LogP contribution in [-0.4, -0.2) is 28.8 Å². The first kappa shape index (κ1) is 9.39. The van der Waals surface area contributed by atoms with Crippen molar-refractivity contribution in [2.75, 3.05) is 7.11 Å². The van der Waals surface area contributed by atoms with Gasteiger partial charge < -0.3 is 9.72 Å². The van der Waals surface area contributed by atoms with Gasteiger partial charge in [-0.25, -0.2) is 4.79 Å². The van der Waals surface area contributed by atoms with Crippen LogP contribution in [0.25, 0.3) is 11.0 Å². The molecule has 0 unspecified atom stereocenters. The zero-order chi connectivity index (χ0) is 10.8. The molecule has 0 saturated heterocycles. The van der Waals surface area contributed by atoms with E-state index >= 15 is 0 Å². The summed E-state index contributed by atoms with van der Waals surface area (Å²) in [5.74, 6) is -1.58. The summed E-state index contributed by atoms with van der Waals surface area (Å²) in [5, 5.41) is 0. The number of pyridine rings is 1. The maximum absolute atomic E-state index is 11.5. The quantitative estimate of drug-likeness (QED) is 0.448. The lowest BCUT2D eigenvalue weighted by molar-refractivity contribution is -0.135. The largest absolute Gasteiger partial charge is 0.463 e. The Morgan fingerprint density at radius 3 is 3.00 bits per heavy atom. The van der Waals surface area contributed by atoms with E-state index in [0.29, 0.717) is 11.0 Å². The summed E-state index contributed by atoms with van der Waals surface area (Å²) in [7, 11) is 1.17. The number of hydrogen-bond acceptors (Lipinski definition) is 4. The molecule has 2 aromatic heterocycles. The van der Waals surface area contributed by atoms with Crippen LogP contribution in [0.3, 0.4) is 0 Å². The Morgan fingerprint density at radius 1 is 1.47 bits per heavy atom. The predicted octanol–water partition coefficient (Wildman–Crippen LogP) is 0.919. The fourth-order valence-corrected chi connectivity index (χ4v) is 1.33. The molecule has 5 nitrogen and oxygen atoms in total. The van der Waals surface area contributed by atoms with Gasteiger partial charge in [0.1, 0.15) is 0 Å². The normalized spacial score (nSPS) is 10.2. The summed E-state index contributed by atoms with van der Waals surface area (Å²) in [6.07, 6.45) is 3.02. The lowest BCUT2D eigenvalue weighted by Gasteiger charge is -1.95. The van der Waals surface area contributed by atoms with E-state index in [1.165, 1.54) is 13.3 Å². The van der Waals surface area contributed by atoms with Gasteiger partial charge in [0.25, 0.3) is 5.78 Å². The highest BCUT2D eigenvalue weighted by Gasteiger charge is 2.20. The third-order valence-electron chi connectivity index (χ3n) is 2.05. The van der Waals surface area contributed by atoms with Gasteiger partial charge in [0.05, 0.1) is 23.7 Å². The van der Waals surface area contributed by atoms with Crippen LogP contribution in [0, 0.1) is 0 Å². The third-order valence-corrected chi connectivity index (χ3v) is 2.05. The molecule has 5 heteroatoms. The molecule has 15 heavy (non-hydrogen) atoms. The van der Waals surface area contributed by atoms with Crippen molar-refractivity contribution in [3.05, 3.63) is 30.1 Å². The first-order valence-corrected chi connectivity index (χ1v) is 4.29. The molecule has 0 spiro atoms. The van der Waals surface area contributed by atoms with E-state index in [2.05, 4.69) is 14.7 Å². The van der Waals surface area contributed by atoms with Crippen molar-refractivity contribution < 1.29 is 14.3 Å². The van der Waals surface area contributed by atoms with E-state index in [1.54, 1.807) is 18.3 Å². The van der Waals surface area contributed by atoms with Crippen LogP contribution >= 0.6 is 0 Å². The van der Waals surface area contributed by atoms with Crippen LogP contribution in [0.1, 0.15) is 10.4 Å². The maximum Gasteiger partial charge on any atom is 0.379 e. The van der Waals surface area contributed by atoms with Crippen LogP contribution < -0.4 is 0 Å². The summed E-state index contributed by atoms with van der Waals surface area (Å²) in [6, 6.07) is 3.52. The summed E-state index contributed by atoms with van der Waals surface area (Å²) in [6.45, 7) is 0. The van der Waals surface area contributed by atoms with Crippen molar-refractivity contribution in [2.24, 2.45) is 0 Å². The van der Waals surface area contributed by atoms with Crippen molar-refractivity contribution in [1.82, 2.24) is 9.97 Å². The number of ketones is 1. The molecule has 0 aliphatic heterocycles. The number of methoxy groups -OCH3 is 1. The van der Waals surface area contributed by atoms with E-state index in [1.807, 2.05) is 0 Å². The number of aromatic nitrogens is 2. The summed E-state index contributed by atoms with van der Waals surface area (Å²) in [5.41, 5.74) is 1.43. The van der Waals surface area contributed by atoms with Crippen LogP contribution in [0.15, 0.2) is 24.5 Å². The summed E-state index contributed by atoms with van der Waals surface area (Å²) < 4.78 is 4.35. The molecule has 0 radical (unpaired) electrons. The van der Waals surface area contributed by atoms with Crippen molar-refractivity contribution in [1.29, 1.82) is 0 Å². The number of Topliss-reactive ketones (excluding diaryl/α,β-unsaturated/α-hetero) is 1. The van der Waals surface area contributed by atoms with Gasteiger partial charge in [0.15, 0.2) is 0 Å². The lowest BCUT2D eigenvalue weighted by atomic mass is 10.2. The van der Waals surface area contributed by atoms with Gasteiger partial charge in [-0.15, -0.1) is 0 Å². The molecule has 0 aliphatic carbocycles. The van der Waals surface area contributed by atoms with Gasteiger partial charge in [-0.3, -0.25) is 9.78 Å². The SMILES string of the molecule is COC(=O)C(=O)c1c[nH]c2cccnc12. The van der Waals surface area contributed by atoms with Gasteiger partial charge in [-0.2, -0.15) is 0 Å². The minimum atomic E-state index is -0.887. The second-order valence-electron chi connectivity index (χ2n) is 2.92. The molecule has 0 saturated carbocycles. The van der Waals surface area contributed by atoms with Crippen LogP contribution in [0.2, 0.25) is 0 Å². The third kappa shape index (κ3) is 1.48. The Balaban J connectivity index is 2.53. The molecule has 76 valence electrons. The number of aromatic amines is 1. The van der Waals surface area contributed by atoms with Gasteiger partial charge in [-0.1, -0.05) is 0 Å². The highest BCUT2D eigenvalue weighted by atomic mass is 16.5. The molecular weight excluding hydrogens is 196 g/mol. The predicted molar refractivity (Wildman–Crippen MR) is 52.4 cm³/mol.